The molecule has 0 aliphatic heterocycles. The molecule has 1 aliphatic carbocycles. The van der Waals surface area contributed by atoms with Crippen molar-refractivity contribution in [3.05, 3.63) is 65.2 Å². The fraction of sp³-hybridized carbons (Fsp3) is 0.312. The Morgan fingerprint density at radius 1 is 1.16 bits per heavy atom. The smallest absolute Gasteiger partial charge is 0.146 e. The second-order valence-corrected chi connectivity index (χ2v) is 5.14. The van der Waals surface area contributed by atoms with E-state index in [1.807, 2.05) is 12.1 Å². The summed E-state index contributed by atoms with van der Waals surface area (Å²) in [6.45, 7) is 0. The lowest BCUT2D eigenvalue weighted by Crippen LogP contribution is -2.15. The monoisotopic (exact) mass is 256 g/mol. The van der Waals surface area contributed by atoms with Crippen molar-refractivity contribution in [1.29, 1.82) is 0 Å². The Morgan fingerprint density at radius 2 is 1.89 bits per heavy atom. The molecule has 0 saturated heterocycles. The van der Waals surface area contributed by atoms with Gasteiger partial charge in [0.15, 0.2) is 0 Å². The molecule has 0 spiro atoms. The van der Waals surface area contributed by atoms with Gasteiger partial charge in [-0.25, -0.2) is 4.39 Å². The molecule has 3 heteroatoms. The van der Waals surface area contributed by atoms with Gasteiger partial charge in [0.1, 0.15) is 5.82 Å². The standard InChI is InChI=1S/C16H17FN2/c17-14-5-2-10-19-16(14)15(18)13-8-6-12(7-9-13)11-3-1-4-11/h2,5-11,15H,1,3-4,18H2. The summed E-state index contributed by atoms with van der Waals surface area (Å²) in [6, 6.07) is 10.7. The molecule has 0 bridgehead atoms. The van der Waals surface area contributed by atoms with Gasteiger partial charge in [-0.2, -0.15) is 0 Å². The molecule has 19 heavy (non-hydrogen) atoms. The Bertz CT molecular complexity index is 561. The van der Waals surface area contributed by atoms with Crippen LogP contribution in [0.5, 0.6) is 0 Å². The first-order valence-corrected chi connectivity index (χ1v) is 6.71. The minimum Gasteiger partial charge on any atom is -0.319 e. The third-order valence-electron chi connectivity index (χ3n) is 3.95. The predicted octanol–water partition coefficient (Wildman–Crippen LogP) is 3.54. The van der Waals surface area contributed by atoms with Gasteiger partial charge in [-0.3, -0.25) is 4.98 Å². The summed E-state index contributed by atoms with van der Waals surface area (Å²) >= 11 is 0. The number of pyridine rings is 1. The Labute approximate surface area is 112 Å². The molecule has 1 aromatic carbocycles. The highest BCUT2D eigenvalue weighted by Crippen LogP contribution is 2.36. The highest BCUT2D eigenvalue weighted by Gasteiger charge is 2.20. The van der Waals surface area contributed by atoms with Gasteiger partial charge in [0.25, 0.3) is 0 Å². The van der Waals surface area contributed by atoms with Crippen LogP contribution in [0.25, 0.3) is 0 Å². The maximum atomic E-state index is 13.7. The predicted molar refractivity (Wildman–Crippen MR) is 73.3 cm³/mol. The van der Waals surface area contributed by atoms with Crippen LogP contribution in [0.15, 0.2) is 42.6 Å². The minimum atomic E-state index is -0.503. The fourth-order valence-electron chi connectivity index (χ4n) is 2.50. The van der Waals surface area contributed by atoms with E-state index in [0.717, 1.165) is 5.56 Å². The van der Waals surface area contributed by atoms with E-state index in [2.05, 4.69) is 17.1 Å². The lowest BCUT2D eigenvalue weighted by Gasteiger charge is -2.26. The summed E-state index contributed by atoms with van der Waals surface area (Å²) in [7, 11) is 0. The molecule has 2 nitrogen and oxygen atoms in total. The van der Waals surface area contributed by atoms with E-state index < -0.39 is 6.04 Å². The molecular formula is C16H17FN2. The van der Waals surface area contributed by atoms with Gasteiger partial charge in [0.05, 0.1) is 11.7 Å². The molecule has 3 rings (SSSR count). The molecule has 1 aromatic heterocycles. The number of rotatable bonds is 3. The number of nitrogens with zero attached hydrogens (tertiary/aromatic N) is 1. The van der Waals surface area contributed by atoms with Crippen molar-refractivity contribution in [3.8, 4) is 0 Å². The Hall–Kier alpha value is -1.74. The zero-order valence-corrected chi connectivity index (χ0v) is 10.7. The third kappa shape index (κ3) is 2.38. The average Bonchev–Trinajstić information content (AvgIpc) is 2.37. The summed E-state index contributed by atoms with van der Waals surface area (Å²) in [5, 5.41) is 0. The summed E-state index contributed by atoms with van der Waals surface area (Å²) < 4.78 is 13.7. The Kier molecular flexibility index (Phi) is 3.30. The zero-order valence-electron chi connectivity index (χ0n) is 10.7. The largest absolute Gasteiger partial charge is 0.319 e. The second kappa shape index (κ2) is 5.10. The molecule has 98 valence electrons. The van der Waals surface area contributed by atoms with Crippen molar-refractivity contribution in [1.82, 2.24) is 4.98 Å². The number of halogens is 1. The molecule has 2 aromatic rings. The molecule has 0 amide bonds. The van der Waals surface area contributed by atoms with Gasteiger partial charge < -0.3 is 5.73 Å². The van der Waals surface area contributed by atoms with Crippen LogP contribution in [0.1, 0.15) is 48.0 Å². The summed E-state index contributed by atoms with van der Waals surface area (Å²) in [5.74, 6) is 0.356. The zero-order chi connectivity index (χ0) is 13.2. The first-order valence-electron chi connectivity index (χ1n) is 6.71. The molecule has 1 fully saturated rings. The molecule has 2 N–H and O–H groups in total. The SMILES string of the molecule is NC(c1ccc(C2CCC2)cc1)c1ncccc1F. The first-order chi connectivity index (χ1) is 9.25. The van der Waals surface area contributed by atoms with Crippen molar-refractivity contribution in [2.24, 2.45) is 5.73 Å². The van der Waals surface area contributed by atoms with Crippen molar-refractivity contribution < 1.29 is 4.39 Å². The Balaban J connectivity index is 1.83. The van der Waals surface area contributed by atoms with Crippen LogP contribution in [0, 0.1) is 5.82 Å². The van der Waals surface area contributed by atoms with E-state index in [1.54, 1.807) is 12.3 Å². The van der Waals surface area contributed by atoms with Crippen molar-refractivity contribution >= 4 is 0 Å². The van der Waals surface area contributed by atoms with Crippen LogP contribution in [0.3, 0.4) is 0 Å². The number of aromatic nitrogens is 1. The molecule has 1 unspecified atom stereocenters. The Morgan fingerprint density at radius 3 is 2.47 bits per heavy atom. The number of nitrogens with two attached hydrogens (primary N) is 1. The number of hydrogen-bond donors (Lipinski definition) is 1. The summed E-state index contributed by atoms with van der Waals surface area (Å²) in [6.07, 6.45) is 5.45. The van der Waals surface area contributed by atoms with E-state index in [1.165, 1.54) is 30.9 Å². The van der Waals surface area contributed by atoms with Crippen LogP contribution in [-0.4, -0.2) is 4.98 Å². The highest BCUT2D eigenvalue weighted by atomic mass is 19.1. The maximum Gasteiger partial charge on any atom is 0.146 e. The second-order valence-electron chi connectivity index (χ2n) is 5.14. The number of hydrogen-bond acceptors (Lipinski definition) is 2. The number of benzene rings is 1. The van der Waals surface area contributed by atoms with Crippen molar-refractivity contribution in [2.75, 3.05) is 0 Å². The molecule has 0 radical (unpaired) electrons. The maximum absolute atomic E-state index is 13.7. The van der Waals surface area contributed by atoms with Gasteiger partial charge in [0.2, 0.25) is 0 Å². The van der Waals surface area contributed by atoms with E-state index in [-0.39, 0.29) is 5.82 Å². The normalized spacial score (nSPS) is 16.9. The average molecular weight is 256 g/mol. The molecule has 1 heterocycles. The minimum absolute atomic E-state index is 0.305. The van der Waals surface area contributed by atoms with Crippen LogP contribution in [0.2, 0.25) is 0 Å². The van der Waals surface area contributed by atoms with Gasteiger partial charge in [-0.05, 0) is 42.0 Å². The van der Waals surface area contributed by atoms with Gasteiger partial charge in [-0.15, -0.1) is 0 Å². The molecular weight excluding hydrogens is 239 g/mol. The van der Waals surface area contributed by atoms with Crippen molar-refractivity contribution in [2.45, 2.75) is 31.2 Å². The van der Waals surface area contributed by atoms with Gasteiger partial charge in [-0.1, -0.05) is 30.7 Å². The van der Waals surface area contributed by atoms with E-state index in [4.69, 9.17) is 5.73 Å². The van der Waals surface area contributed by atoms with Gasteiger partial charge in [0, 0.05) is 6.20 Å². The van der Waals surface area contributed by atoms with E-state index in [9.17, 15) is 4.39 Å². The van der Waals surface area contributed by atoms with Crippen LogP contribution < -0.4 is 5.73 Å². The topological polar surface area (TPSA) is 38.9 Å². The third-order valence-corrected chi connectivity index (χ3v) is 3.95. The fourth-order valence-corrected chi connectivity index (χ4v) is 2.50. The van der Waals surface area contributed by atoms with E-state index in [0.29, 0.717) is 11.6 Å². The summed E-state index contributed by atoms with van der Waals surface area (Å²) in [5.41, 5.74) is 8.66. The molecule has 1 aliphatic rings. The van der Waals surface area contributed by atoms with Crippen LogP contribution in [-0.2, 0) is 0 Å². The van der Waals surface area contributed by atoms with Crippen LogP contribution >= 0.6 is 0 Å². The summed E-state index contributed by atoms with van der Waals surface area (Å²) in [4.78, 5) is 4.04. The van der Waals surface area contributed by atoms with E-state index >= 15 is 0 Å². The quantitative estimate of drug-likeness (QED) is 0.912. The molecule has 1 atom stereocenters. The highest BCUT2D eigenvalue weighted by molar-refractivity contribution is 5.32. The van der Waals surface area contributed by atoms with Gasteiger partial charge >= 0.3 is 0 Å². The van der Waals surface area contributed by atoms with Crippen LogP contribution in [0.4, 0.5) is 4.39 Å². The first kappa shape index (κ1) is 12.3. The van der Waals surface area contributed by atoms with Crippen molar-refractivity contribution in [3.63, 3.8) is 0 Å². The lowest BCUT2D eigenvalue weighted by atomic mass is 9.80. The lowest BCUT2D eigenvalue weighted by molar-refractivity contribution is 0.419. The molecule has 1 saturated carbocycles.